The summed E-state index contributed by atoms with van der Waals surface area (Å²) in [5.41, 5.74) is 10.2. The molecule has 0 spiro atoms. The molecule has 0 aliphatic carbocycles. The first kappa shape index (κ1) is 34.8. The maximum absolute atomic E-state index is 13.7. The third-order valence-corrected chi connectivity index (χ3v) is 10.2. The molecule has 48 heavy (non-hydrogen) atoms. The summed E-state index contributed by atoms with van der Waals surface area (Å²) in [7, 11) is -3.67. The molecule has 3 aromatic rings. The predicted molar refractivity (Wildman–Crippen MR) is 187 cm³/mol. The number of rotatable bonds is 14. The van der Waals surface area contributed by atoms with E-state index in [1.807, 2.05) is 44.2 Å². The lowest BCUT2D eigenvalue weighted by atomic mass is 10.0. The molecule has 0 radical (unpaired) electrons. The van der Waals surface area contributed by atoms with Gasteiger partial charge >= 0.3 is 0 Å². The lowest BCUT2D eigenvalue weighted by Gasteiger charge is -2.36. The summed E-state index contributed by atoms with van der Waals surface area (Å²) in [4.78, 5) is 32.9. The lowest BCUT2D eigenvalue weighted by Crippen LogP contribution is -2.51. The number of carbonyl (C=O) groups excluding carboxylic acids is 2. The molecule has 5 rings (SSSR count). The number of benzene rings is 3. The van der Waals surface area contributed by atoms with E-state index in [1.165, 1.54) is 4.31 Å². The number of aliphatic imine (C=N–C) groups is 1. The van der Waals surface area contributed by atoms with Crippen LogP contribution in [0.2, 0.25) is 0 Å². The quantitative estimate of drug-likeness (QED) is 0.217. The van der Waals surface area contributed by atoms with E-state index in [0.29, 0.717) is 79.7 Å². The number of hydrogen-bond donors (Lipinski definition) is 3. The van der Waals surface area contributed by atoms with Crippen molar-refractivity contribution in [3.8, 4) is 16.9 Å². The number of nitrogens with one attached hydrogen (secondary N) is 1. The molecule has 0 saturated carbocycles. The van der Waals surface area contributed by atoms with Gasteiger partial charge in [0.2, 0.25) is 15.9 Å². The Morgan fingerprint density at radius 1 is 1.04 bits per heavy atom. The van der Waals surface area contributed by atoms with E-state index in [4.69, 9.17) is 10.5 Å². The van der Waals surface area contributed by atoms with Crippen LogP contribution in [0.15, 0.2) is 82.2 Å². The normalized spacial score (nSPS) is 15.0. The van der Waals surface area contributed by atoms with Crippen LogP contribution in [-0.2, 0) is 14.8 Å². The summed E-state index contributed by atoms with van der Waals surface area (Å²) in [5, 5.41) is 12.2. The highest BCUT2D eigenvalue weighted by molar-refractivity contribution is 7.89. The molecule has 2 aliphatic rings. The Morgan fingerprint density at radius 3 is 2.50 bits per heavy atom. The van der Waals surface area contributed by atoms with Gasteiger partial charge in [-0.1, -0.05) is 31.2 Å². The molecule has 3 aromatic carbocycles. The van der Waals surface area contributed by atoms with Crippen molar-refractivity contribution in [3.05, 3.63) is 83.4 Å². The number of amides is 2. The van der Waals surface area contributed by atoms with Crippen LogP contribution < -0.4 is 15.8 Å². The molecular weight excluding hydrogens is 630 g/mol. The first-order chi connectivity index (χ1) is 23.1. The van der Waals surface area contributed by atoms with E-state index in [0.717, 1.165) is 17.5 Å². The van der Waals surface area contributed by atoms with Gasteiger partial charge in [0.05, 0.1) is 17.2 Å². The Hall–Kier alpha value is -4.52. The molecule has 2 aliphatic heterocycles. The van der Waals surface area contributed by atoms with Gasteiger partial charge in [-0.15, -0.1) is 0 Å². The fourth-order valence-electron chi connectivity index (χ4n) is 5.76. The minimum absolute atomic E-state index is 0.0297. The molecule has 0 atom stereocenters. The van der Waals surface area contributed by atoms with Crippen molar-refractivity contribution in [3.63, 3.8) is 0 Å². The van der Waals surface area contributed by atoms with E-state index < -0.39 is 10.0 Å². The maximum Gasteiger partial charge on any atom is 0.251 e. The van der Waals surface area contributed by atoms with Gasteiger partial charge in [-0.25, -0.2) is 13.4 Å². The van der Waals surface area contributed by atoms with Gasteiger partial charge in [0.1, 0.15) is 11.6 Å². The highest BCUT2D eigenvalue weighted by Gasteiger charge is 2.36. The third-order valence-electron chi connectivity index (χ3n) is 8.36. The van der Waals surface area contributed by atoms with E-state index in [-0.39, 0.29) is 35.7 Å². The molecule has 0 aromatic heterocycles. The molecule has 0 bridgehead atoms. The lowest BCUT2D eigenvalue weighted by molar-refractivity contribution is -0.127. The number of sulfonamides is 1. The SMILES string of the molecule is CCCN(CCCNC(=O)c1ccc(OCC)cc1)C(=O)C1=Cc2ccc(-c3cccc(S(=O)(=O)N4CC(CO)C4)c3)cc2N=C(N)C1. The first-order valence-electron chi connectivity index (χ1n) is 16.3. The topological polar surface area (TPSA) is 155 Å². The number of aliphatic hydroxyl groups excluding tert-OH is 1. The smallest absolute Gasteiger partial charge is 0.251 e. The maximum atomic E-state index is 13.7. The van der Waals surface area contributed by atoms with Gasteiger partial charge in [-0.2, -0.15) is 4.31 Å². The van der Waals surface area contributed by atoms with E-state index in [2.05, 4.69) is 10.3 Å². The van der Waals surface area contributed by atoms with Crippen LogP contribution >= 0.6 is 0 Å². The van der Waals surface area contributed by atoms with Crippen LogP contribution in [0.3, 0.4) is 0 Å². The molecular formula is C36H43N5O6S. The van der Waals surface area contributed by atoms with Crippen molar-refractivity contribution in [1.82, 2.24) is 14.5 Å². The van der Waals surface area contributed by atoms with Crippen LogP contribution in [0.25, 0.3) is 17.2 Å². The second-order valence-electron chi connectivity index (χ2n) is 12.0. The van der Waals surface area contributed by atoms with Crippen molar-refractivity contribution in [2.24, 2.45) is 16.6 Å². The Balaban J connectivity index is 1.26. The molecule has 1 fully saturated rings. The van der Waals surface area contributed by atoms with Crippen LogP contribution in [0, 0.1) is 5.92 Å². The molecule has 2 heterocycles. The minimum atomic E-state index is -3.67. The largest absolute Gasteiger partial charge is 0.494 e. The number of aliphatic hydroxyl groups is 1. The molecule has 254 valence electrons. The monoisotopic (exact) mass is 673 g/mol. The third kappa shape index (κ3) is 8.12. The fourth-order valence-corrected chi connectivity index (χ4v) is 7.40. The number of ether oxygens (including phenoxy) is 1. The van der Waals surface area contributed by atoms with E-state index >= 15 is 0 Å². The summed E-state index contributed by atoms with van der Waals surface area (Å²) >= 11 is 0. The molecule has 0 unspecified atom stereocenters. The zero-order valence-electron chi connectivity index (χ0n) is 27.4. The van der Waals surface area contributed by atoms with Crippen LogP contribution in [-0.4, -0.2) is 86.3 Å². The number of amidine groups is 1. The summed E-state index contributed by atoms with van der Waals surface area (Å²) in [6.07, 6.45) is 3.37. The van der Waals surface area contributed by atoms with Crippen LogP contribution in [0.4, 0.5) is 5.69 Å². The van der Waals surface area contributed by atoms with Gasteiger partial charge in [-0.3, -0.25) is 9.59 Å². The van der Waals surface area contributed by atoms with Gasteiger partial charge in [0.25, 0.3) is 5.91 Å². The van der Waals surface area contributed by atoms with E-state index in [1.54, 1.807) is 47.4 Å². The Labute approximate surface area is 282 Å². The molecule has 11 nitrogen and oxygen atoms in total. The average Bonchev–Trinajstić information content (AvgIpc) is 3.23. The van der Waals surface area contributed by atoms with Gasteiger partial charge in [-0.05, 0) is 79.4 Å². The second-order valence-corrected chi connectivity index (χ2v) is 13.9. The Kier molecular flexibility index (Phi) is 11.3. The van der Waals surface area contributed by atoms with Crippen LogP contribution in [0.5, 0.6) is 5.75 Å². The molecule has 1 saturated heterocycles. The Morgan fingerprint density at radius 2 is 1.79 bits per heavy atom. The minimum Gasteiger partial charge on any atom is -0.494 e. The first-order valence-corrected chi connectivity index (χ1v) is 17.8. The van der Waals surface area contributed by atoms with Crippen molar-refractivity contribution >= 4 is 39.4 Å². The Bertz CT molecular complexity index is 1800. The van der Waals surface area contributed by atoms with Crippen molar-refractivity contribution in [2.75, 3.05) is 45.9 Å². The number of nitrogens with two attached hydrogens (primary N) is 1. The van der Waals surface area contributed by atoms with Gasteiger partial charge in [0.15, 0.2) is 0 Å². The fraction of sp³-hybridized carbons (Fsp3) is 0.361. The van der Waals surface area contributed by atoms with Gasteiger partial charge < -0.3 is 25.8 Å². The van der Waals surface area contributed by atoms with Gasteiger partial charge in [0, 0.05) is 68.4 Å². The summed E-state index contributed by atoms with van der Waals surface area (Å²) in [6.45, 7) is 6.49. The van der Waals surface area contributed by atoms with E-state index in [9.17, 15) is 23.1 Å². The summed E-state index contributed by atoms with van der Waals surface area (Å²) < 4.78 is 33.1. The van der Waals surface area contributed by atoms with Crippen molar-refractivity contribution in [1.29, 1.82) is 0 Å². The summed E-state index contributed by atoms with van der Waals surface area (Å²) in [6, 6.07) is 19.3. The zero-order valence-corrected chi connectivity index (χ0v) is 28.2. The predicted octanol–water partition coefficient (Wildman–Crippen LogP) is 4.20. The molecule has 2 amide bonds. The van der Waals surface area contributed by atoms with Crippen LogP contribution in [0.1, 0.15) is 49.0 Å². The number of hydrogen-bond acceptors (Lipinski definition) is 8. The number of nitrogens with zero attached hydrogens (tertiary/aromatic N) is 3. The highest BCUT2D eigenvalue weighted by Crippen LogP contribution is 2.34. The van der Waals surface area contributed by atoms with Crippen molar-refractivity contribution in [2.45, 2.75) is 38.0 Å². The zero-order chi connectivity index (χ0) is 34.3. The highest BCUT2D eigenvalue weighted by atomic mass is 32.2. The summed E-state index contributed by atoms with van der Waals surface area (Å²) in [5.74, 6) is 0.675. The molecule has 4 N–H and O–H groups in total. The van der Waals surface area contributed by atoms with Crippen molar-refractivity contribution < 1.29 is 27.9 Å². The number of carbonyl (C=O) groups is 2. The standard InChI is InChI=1S/C36H43N5O6S/c1-3-16-40(17-6-15-38-35(43)26-11-13-31(14-12-26)47-4-2)36(44)30-18-29-10-9-28(20-33(29)39-34(37)21-30)27-7-5-8-32(19-27)48(45,46)41-22-25(23-41)24-42/h5,7-14,18-20,25,42H,3-4,6,15-17,21-24H2,1-2H3,(H2,37,39)(H,38,43). The number of fused-ring (bicyclic) bond motifs is 1. The molecule has 12 heteroatoms. The second kappa shape index (κ2) is 15.6. The average molecular weight is 674 g/mol.